The van der Waals surface area contributed by atoms with Crippen molar-refractivity contribution in [1.82, 2.24) is 4.90 Å². The van der Waals surface area contributed by atoms with Gasteiger partial charge in [0, 0.05) is 25.4 Å². The number of nitrogens with zero attached hydrogens (tertiary/aromatic N) is 1. The van der Waals surface area contributed by atoms with Gasteiger partial charge in [-0.1, -0.05) is 18.2 Å². The second kappa shape index (κ2) is 6.71. The predicted molar refractivity (Wildman–Crippen MR) is 78.7 cm³/mol. The van der Waals surface area contributed by atoms with E-state index in [1.807, 2.05) is 30.3 Å². The van der Waals surface area contributed by atoms with Crippen LogP contribution in [0.15, 0.2) is 30.3 Å². The van der Waals surface area contributed by atoms with Crippen molar-refractivity contribution in [3.05, 3.63) is 30.3 Å². The minimum absolute atomic E-state index is 0.275. The number of benzene rings is 1. The van der Waals surface area contributed by atoms with Crippen LogP contribution in [0.4, 0.5) is 5.69 Å². The van der Waals surface area contributed by atoms with E-state index in [1.165, 1.54) is 6.42 Å². The maximum atomic E-state index is 9.01. The topological polar surface area (TPSA) is 35.5 Å². The van der Waals surface area contributed by atoms with Crippen LogP contribution in [0.1, 0.15) is 19.3 Å². The number of likely N-dealkylation sites (tertiary alicyclic amines) is 1. The fourth-order valence-corrected chi connectivity index (χ4v) is 2.68. The third-order valence-electron chi connectivity index (χ3n) is 3.37. The van der Waals surface area contributed by atoms with E-state index in [4.69, 9.17) is 17.3 Å². The molecule has 0 aromatic heterocycles. The maximum absolute atomic E-state index is 9.01. The normalized spacial score (nSPS) is 19.6. The molecule has 0 aliphatic carbocycles. The molecule has 0 amide bonds. The molecule has 3 nitrogen and oxygen atoms in total. The van der Waals surface area contributed by atoms with Crippen molar-refractivity contribution in [2.45, 2.75) is 19.3 Å². The highest BCUT2D eigenvalue weighted by Gasteiger charge is 2.21. The molecule has 2 rings (SSSR count). The van der Waals surface area contributed by atoms with Gasteiger partial charge in [0.15, 0.2) is 5.11 Å². The second-order valence-corrected chi connectivity index (χ2v) is 5.15. The Labute approximate surface area is 114 Å². The summed E-state index contributed by atoms with van der Waals surface area (Å²) in [7, 11) is 0. The van der Waals surface area contributed by atoms with E-state index in [0.717, 1.165) is 36.7 Å². The molecule has 1 aromatic carbocycles. The largest absolute Gasteiger partial charge is 0.396 e. The summed E-state index contributed by atoms with van der Waals surface area (Å²) in [6.07, 6.45) is 3.23. The van der Waals surface area contributed by atoms with Gasteiger partial charge in [-0.3, -0.25) is 0 Å². The van der Waals surface area contributed by atoms with Crippen molar-refractivity contribution >= 4 is 23.0 Å². The zero-order valence-corrected chi connectivity index (χ0v) is 11.3. The van der Waals surface area contributed by atoms with E-state index < -0.39 is 0 Å². The van der Waals surface area contributed by atoms with Gasteiger partial charge in [-0.25, -0.2) is 0 Å². The summed E-state index contributed by atoms with van der Waals surface area (Å²) in [4.78, 5) is 2.21. The molecule has 1 heterocycles. The Bertz CT molecular complexity index is 381. The van der Waals surface area contributed by atoms with Gasteiger partial charge in [0.1, 0.15) is 0 Å². The number of anilines is 1. The van der Waals surface area contributed by atoms with Gasteiger partial charge in [-0.2, -0.15) is 0 Å². The van der Waals surface area contributed by atoms with Crippen LogP contribution in [0.25, 0.3) is 0 Å². The monoisotopic (exact) mass is 264 g/mol. The fourth-order valence-electron chi connectivity index (χ4n) is 2.39. The molecule has 1 aliphatic heterocycles. The number of piperidine rings is 1. The van der Waals surface area contributed by atoms with Crippen LogP contribution in [0.3, 0.4) is 0 Å². The minimum Gasteiger partial charge on any atom is -0.396 e. The van der Waals surface area contributed by atoms with Crippen LogP contribution in [0, 0.1) is 5.92 Å². The van der Waals surface area contributed by atoms with E-state index in [0.29, 0.717) is 5.92 Å². The lowest BCUT2D eigenvalue weighted by Crippen LogP contribution is -2.42. The molecule has 0 spiro atoms. The third kappa shape index (κ3) is 3.68. The molecule has 1 fully saturated rings. The van der Waals surface area contributed by atoms with Crippen LogP contribution >= 0.6 is 12.2 Å². The molecule has 1 aromatic rings. The first kappa shape index (κ1) is 13.3. The molecule has 1 aliphatic rings. The smallest absolute Gasteiger partial charge is 0.173 e. The zero-order valence-electron chi connectivity index (χ0n) is 10.5. The Balaban J connectivity index is 1.88. The number of aliphatic hydroxyl groups is 1. The number of hydrogen-bond donors (Lipinski definition) is 2. The van der Waals surface area contributed by atoms with Gasteiger partial charge in [0.05, 0.1) is 0 Å². The van der Waals surface area contributed by atoms with Crippen molar-refractivity contribution in [3.63, 3.8) is 0 Å². The minimum atomic E-state index is 0.275. The van der Waals surface area contributed by atoms with Crippen molar-refractivity contribution in [3.8, 4) is 0 Å². The quantitative estimate of drug-likeness (QED) is 0.822. The Morgan fingerprint density at radius 3 is 2.89 bits per heavy atom. The summed E-state index contributed by atoms with van der Waals surface area (Å²) < 4.78 is 0. The average Bonchev–Trinajstić information content (AvgIpc) is 2.40. The Morgan fingerprint density at radius 2 is 2.17 bits per heavy atom. The SMILES string of the molecule is OCCC1CCCN(C(=S)Nc2ccccc2)C1. The van der Waals surface area contributed by atoms with Crippen LogP contribution in [-0.2, 0) is 0 Å². The average molecular weight is 264 g/mol. The van der Waals surface area contributed by atoms with Gasteiger partial charge in [-0.15, -0.1) is 0 Å². The molecule has 4 heteroatoms. The first-order chi connectivity index (χ1) is 8.79. The predicted octanol–water partition coefficient (Wildman–Crippen LogP) is 2.48. The lowest BCUT2D eigenvalue weighted by Gasteiger charge is -2.34. The van der Waals surface area contributed by atoms with Gasteiger partial charge in [0.25, 0.3) is 0 Å². The summed E-state index contributed by atoms with van der Waals surface area (Å²) in [6.45, 7) is 2.25. The van der Waals surface area contributed by atoms with E-state index >= 15 is 0 Å². The number of thiocarbonyl (C=S) groups is 1. The van der Waals surface area contributed by atoms with Crippen molar-refractivity contribution in [2.24, 2.45) is 5.92 Å². The number of aliphatic hydroxyl groups excluding tert-OH is 1. The molecule has 1 atom stereocenters. The molecule has 98 valence electrons. The molecule has 0 saturated carbocycles. The van der Waals surface area contributed by atoms with E-state index in [1.54, 1.807) is 0 Å². The zero-order chi connectivity index (χ0) is 12.8. The molecule has 0 radical (unpaired) electrons. The maximum Gasteiger partial charge on any atom is 0.173 e. The Morgan fingerprint density at radius 1 is 1.39 bits per heavy atom. The van der Waals surface area contributed by atoms with Crippen LogP contribution in [-0.4, -0.2) is 34.8 Å². The van der Waals surface area contributed by atoms with Crippen molar-refractivity contribution in [1.29, 1.82) is 0 Å². The van der Waals surface area contributed by atoms with Crippen LogP contribution in [0.2, 0.25) is 0 Å². The molecule has 18 heavy (non-hydrogen) atoms. The van der Waals surface area contributed by atoms with Crippen LogP contribution in [0.5, 0.6) is 0 Å². The lowest BCUT2D eigenvalue weighted by atomic mass is 9.95. The van der Waals surface area contributed by atoms with Crippen molar-refractivity contribution in [2.75, 3.05) is 25.0 Å². The van der Waals surface area contributed by atoms with Crippen LogP contribution < -0.4 is 5.32 Å². The highest BCUT2D eigenvalue weighted by molar-refractivity contribution is 7.80. The number of para-hydroxylation sites is 1. The summed E-state index contributed by atoms with van der Waals surface area (Å²) in [6, 6.07) is 10.0. The number of nitrogens with one attached hydrogen (secondary N) is 1. The molecule has 0 bridgehead atoms. The lowest BCUT2D eigenvalue weighted by molar-refractivity contribution is 0.199. The first-order valence-corrected chi connectivity index (χ1v) is 6.92. The Kier molecular flexibility index (Phi) is 4.96. The van der Waals surface area contributed by atoms with E-state index in [-0.39, 0.29) is 6.61 Å². The highest BCUT2D eigenvalue weighted by Crippen LogP contribution is 2.20. The summed E-state index contributed by atoms with van der Waals surface area (Å²) in [5.74, 6) is 0.569. The van der Waals surface area contributed by atoms with Gasteiger partial charge in [0.2, 0.25) is 0 Å². The second-order valence-electron chi connectivity index (χ2n) is 4.76. The molecule has 1 unspecified atom stereocenters. The molecule has 2 N–H and O–H groups in total. The van der Waals surface area contributed by atoms with Gasteiger partial charge < -0.3 is 15.3 Å². The number of rotatable bonds is 3. The first-order valence-electron chi connectivity index (χ1n) is 6.51. The highest BCUT2D eigenvalue weighted by atomic mass is 32.1. The van der Waals surface area contributed by atoms with Gasteiger partial charge in [-0.05, 0) is 49.5 Å². The summed E-state index contributed by atoms with van der Waals surface area (Å²) >= 11 is 5.45. The van der Waals surface area contributed by atoms with E-state index in [9.17, 15) is 0 Å². The third-order valence-corrected chi connectivity index (χ3v) is 3.73. The fraction of sp³-hybridized carbons (Fsp3) is 0.500. The van der Waals surface area contributed by atoms with E-state index in [2.05, 4.69) is 10.2 Å². The van der Waals surface area contributed by atoms with Gasteiger partial charge >= 0.3 is 0 Å². The van der Waals surface area contributed by atoms with Crippen molar-refractivity contribution < 1.29 is 5.11 Å². The summed E-state index contributed by atoms with van der Waals surface area (Å²) in [5, 5.41) is 13.1. The number of hydrogen-bond acceptors (Lipinski definition) is 2. The molecular weight excluding hydrogens is 244 g/mol. The standard InChI is InChI=1S/C14H20N2OS/c17-10-8-12-5-4-9-16(11-12)14(18)15-13-6-2-1-3-7-13/h1-3,6-7,12,17H,4-5,8-11H2,(H,15,18). The molecular formula is C14H20N2OS. The molecule has 1 saturated heterocycles. The summed E-state index contributed by atoms with van der Waals surface area (Å²) in [5.41, 5.74) is 1.03. The Hall–Kier alpha value is -1.13.